The van der Waals surface area contributed by atoms with Crippen molar-refractivity contribution in [2.24, 2.45) is 0 Å². The first-order valence-electron chi connectivity index (χ1n) is 22.7. The minimum Gasteiger partial charge on any atom is -0.311 e. The van der Waals surface area contributed by atoms with E-state index in [1.54, 1.807) is 0 Å². The number of nitrogens with zero attached hydrogens (tertiary/aromatic N) is 2. The van der Waals surface area contributed by atoms with Gasteiger partial charge in [-0.15, -0.1) is 11.3 Å². The van der Waals surface area contributed by atoms with Crippen molar-refractivity contribution in [2.45, 2.75) is 58.8 Å². The van der Waals surface area contributed by atoms with Crippen LogP contribution in [0.5, 0.6) is 0 Å². The third-order valence-corrected chi connectivity index (χ3v) is 15.9. The Morgan fingerprint density at radius 1 is 0.476 bits per heavy atom. The second-order valence-corrected chi connectivity index (χ2v) is 20.1. The molecule has 63 heavy (non-hydrogen) atoms. The fourth-order valence-electron chi connectivity index (χ4n) is 11.9. The van der Waals surface area contributed by atoms with Gasteiger partial charge in [0.2, 0.25) is 0 Å². The molecule has 1 aromatic heterocycles. The summed E-state index contributed by atoms with van der Waals surface area (Å²) >= 11 is 2.00. The van der Waals surface area contributed by atoms with E-state index in [-0.39, 0.29) is 6.71 Å². The Hall–Kier alpha value is -6.62. The minimum atomic E-state index is -0.421. The van der Waals surface area contributed by atoms with Crippen molar-refractivity contribution < 1.29 is 0 Å². The molecule has 4 heteroatoms. The summed E-state index contributed by atoms with van der Waals surface area (Å²) in [4.78, 5) is 5.17. The van der Waals surface area contributed by atoms with E-state index in [4.69, 9.17) is 0 Å². The summed E-state index contributed by atoms with van der Waals surface area (Å²) in [5.41, 5.74) is 26.0. The summed E-state index contributed by atoms with van der Waals surface area (Å²) < 4.78 is 2.74. The van der Waals surface area contributed by atoms with Crippen molar-refractivity contribution >= 4 is 78.0 Å². The molecule has 0 atom stereocenters. The normalized spacial score (nSPS) is 14.5. The van der Waals surface area contributed by atoms with E-state index >= 15 is 0 Å². The average molecular weight is 827 g/mol. The predicted molar refractivity (Wildman–Crippen MR) is 270 cm³/mol. The van der Waals surface area contributed by atoms with Crippen molar-refractivity contribution in [3.63, 3.8) is 0 Å². The Morgan fingerprint density at radius 3 is 1.68 bits per heavy atom. The molecule has 2 nitrogen and oxygen atoms in total. The zero-order valence-electron chi connectivity index (χ0n) is 36.6. The second-order valence-electron chi connectivity index (χ2n) is 19.0. The van der Waals surface area contributed by atoms with E-state index in [0.717, 1.165) is 0 Å². The zero-order chi connectivity index (χ0) is 42.5. The molecule has 0 unspecified atom stereocenters. The fourth-order valence-corrected chi connectivity index (χ4v) is 13.2. The third-order valence-electron chi connectivity index (χ3n) is 14.7. The molecular weight excluding hydrogens is 780 g/mol. The van der Waals surface area contributed by atoms with Gasteiger partial charge in [-0.3, -0.25) is 0 Å². The van der Waals surface area contributed by atoms with E-state index in [0.29, 0.717) is 11.8 Å². The lowest BCUT2D eigenvalue weighted by atomic mass is 9.36. The maximum atomic E-state index is 2.64. The summed E-state index contributed by atoms with van der Waals surface area (Å²) in [6.07, 6.45) is 0. The molecule has 0 saturated heterocycles. The third kappa shape index (κ3) is 4.91. The van der Waals surface area contributed by atoms with Crippen LogP contribution < -0.4 is 25.5 Å². The Morgan fingerprint density at radius 2 is 1.03 bits per heavy atom. The molecule has 0 fully saturated rings. The highest BCUT2D eigenvalue weighted by atomic mass is 32.1. The van der Waals surface area contributed by atoms with E-state index < -0.39 is 5.41 Å². The molecule has 0 bridgehead atoms. The number of thiophene rings is 1. The minimum absolute atomic E-state index is 0.0724. The highest BCUT2D eigenvalue weighted by molar-refractivity contribution is 7.33. The summed E-state index contributed by atoms with van der Waals surface area (Å²) in [5, 5.41) is 1.32. The maximum absolute atomic E-state index is 2.64. The van der Waals surface area contributed by atoms with Crippen molar-refractivity contribution in [3.8, 4) is 22.3 Å². The number of hydrogen-bond donors (Lipinski definition) is 0. The van der Waals surface area contributed by atoms with Gasteiger partial charge >= 0.3 is 0 Å². The Kier molecular flexibility index (Phi) is 7.75. The Labute approximate surface area is 375 Å². The Bertz CT molecular complexity index is 3350. The lowest BCUT2D eigenvalue weighted by molar-refractivity contribution is 0.794. The first-order chi connectivity index (χ1) is 30.7. The number of fused-ring (bicyclic) bond motifs is 16. The average Bonchev–Trinajstić information content (AvgIpc) is 3.91. The van der Waals surface area contributed by atoms with Crippen molar-refractivity contribution in [1.82, 2.24) is 0 Å². The highest BCUT2D eigenvalue weighted by Crippen LogP contribution is 2.64. The van der Waals surface area contributed by atoms with E-state index in [9.17, 15) is 0 Å². The van der Waals surface area contributed by atoms with E-state index in [1.807, 2.05) is 11.3 Å². The molecule has 9 aromatic rings. The van der Waals surface area contributed by atoms with Gasteiger partial charge < -0.3 is 9.80 Å². The molecular formula is C59H47BN2S. The van der Waals surface area contributed by atoms with Gasteiger partial charge in [0.25, 0.3) is 6.71 Å². The molecule has 8 aromatic carbocycles. The molecule has 13 rings (SSSR count). The number of para-hydroxylation sites is 1. The quantitative estimate of drug-likeness (QED) is 0.163. The fraction of sp³-hybridized carbons (Fsp3) is 0.153. The first kappa shape index (κ1) is 37.0. The van der Waals surface area contributed by atoms with Crippen LogP contribution in [0.2, 0.25) is 0 Å². The zero-order valence-corrected chi connectivity index (χ0v) is 37.4. The van der Waals surface area contributed by atoms with Crippen LogP contribution in [0.15, 0.2) is 164 Å². The lowest BCUT2D eigenvalue weighted by Gasteiger charge is -2.43. The smallest absolute Gasteiger partial charge is 0.264 e. The number of rotatable bonds is 4. The van der Waals surface area contributed by atoms with Gasteiger partial charge in [0.15, 0.2) is 0 Å². The molecule has 2 aliphatic carbocycles. The molecule has 1 spiro atoms. The van der Waals surface area contributed by atoms with Crippen LogP contribution in [-0.4, -0.2) is 6.71 Å². The van der Waals surface area contributed by atoms with E-state index in [2.05, 4.69) is 215 Å². The topological polar surface area (TPSA) is 6.48 Å². The van der Waals surface area contributed by atoms with Crippen LogP contribution in [-0.2, 0) is 5.41 Å². The van der Waals surface area contributed by atoms with Gasteiger partial charge in [0.1, 0.15) is 0 Å². The van der Waals surface area contributed by atoms with Gasteiger partial charge in [0.05, 0.1) is 11.1 Å². The maximum Gasteiger partial charge on any atom is 0.264 e. The van der Waals surface area contributed by atoms with Gasteiger partial charge in [-0.05, 0) is 152 Å². The van der Waals surface area contributed by atoms with Gasteiger partial charge in [-0.2, -0.15) is 0 Å². The molecule has 0 saturated carbocycles. The first-order valence-corrected chi connectivity index (χ1v) is 23.5. The van der Waals surface area contributed by atoms with Crippen LogP contribution in [0.4, 0.5) is 34.1 Å². The van der Waals surface area contributed by atoms with Gasteiger partial charge in [-0.1, -0.05) is 142 Å². The standard InChI is InChI=1S/C59H47BN2S/c1-34(2)38-20-24-40(25-21-38)61-52-18-12-11-17-51(52)60-56-53(61)30-37(6)31-54(56)62(41-26-22-39(23-27-41)35(3)4)57-46-32-50-45(33-55(46)63-58(57)60)44-28-19-36(5)29-49(44)59(50)47-15-9-7-13-42(47)43-14-8-10-16-48(43)59/h7-35H,1-6H3. The highest BCUT2D eigenvalue weighted by Gasteiger charge is 2.53. The second kappa shape index (κ2) is 13.2. The van der Waals surface area contributed by atoms with Crippen LogP contribution in [0.3, 0.4) is 0 Å². The molecule has 0 radical (unpaired) electrons. The monoisotopic (exact) mass is 826 g/mol. The van der Waals surface area contributed by atoms with Crippen LogP contribution >= 0.6 is 11.3 Å². The molecule has 0 N–H and O–H groups in total. The SMILES string of the molecule is Cc1cc2c3c(c1)N(c1ccc(C(C)C)cc1)c1c(sc4cc5c(cc14)C1(c4ccccc4-c4ccccc41)c1cc(C)ccc1-5)B3c1ccccc1N2c1ccc(C(C)C)cc1. The van der Waals surface area contributed by atoms with Crippen LogP contribution in [0.1, 0.15) is 84.0 Å². The number of aryl methyl sites for hydroxylation is 2. The van der Waals surface area contributed by atoms with Crippen molar-refractivity contribution in [3.05, 3.63) is 208 Å². The summed E-state index contributed by atoms with van der Waals surface area (Å²) in [7, 11) is 0. The van der Waals surface area contributed by atoms with E-state index in [1.165, 1.54) is 127 Å². The molecule has 0 amide bonds. The van der Waals surface area contributed by atoms with Crippen molar-refractivity contribution in [1.29, 1.82) is 0 Å². The molecule has 2 aliphatic heterocycles. The number of anilines is 6. The van der Waals surface area contributed by atoms with Crippen LogP contribution in [0.25, 0.3) is 32.3 Å². The van der Waals surface area contributed by atoms with Gasteiger partial charge in [0, 0.05) is 43.3 Å². The Balaban J connectivity index is 1.13. The molecule has 4 aliphatic rings. The van der Waals surface area contributed by atoms with Crippen molar-refractivity contribution in [2.75, 3.05) is 9.80 Å². The van der Waals surface area contributed by atoms with Gasteiger partial charge in [-0.25, -0.2) is 0 Å². The number of hydrogen-bond acceptors (Lipinski definition) is 3. The van der Waals surface area contributed by atoms with Crippen LogP contribution in [0, 0.1) is 13.8 Å². The predicted octanol–water partition coefficient (Wildman–Crippen LogP) is 14.2. The number of benzene rings is 8. The summed E-state index contributed by atoms with van der Waals surface area (Å²) in [5.74, 6) is 0.917. The lowest BCUT2D eigenvalue weighted by Crippen LogP contribution is -2.60. The largest absolute Gasteiger partial charge is 0.311 e. The summed E-state index contributed by atoms with van der Waals surface area (Å²) in [6, 6.07) is 63.5. The molecule has 302 valence electrons. The molecule has 3 heterocycles. The summed E-state index contributed by atoms with van der Waals surface area (Å²) in [6.45, 7) is 13.7.